The molecule has 1 aromatic carbocycles. The number of hydrogen-bond donors (Lipinski definition) is 1. The van der Waals surface area contributed by atoms with Crippen molar-refractivity contribution in [3.63, 3.8) is 0 Å². The fourth-order valence-corrected chi connectivity index (χ4v) is 3.69. The highest BCUT2D eigenvalue weighted by molar-refractivity contribution is 7.91. The number of nitrogens with zero attached hydrogens (tertiary/aromatic N) is 1. The Labute approximate surface area is 136 Å². The molecule has 23 heavy (non-hydrogen) atoms. The molecule has 0 aliphatic heterocycles. The average Bonchev–Trinajstić information content (AvgIpc) is 2.88. The Morgan fingerprint density at radius 2 is 2.00 bits per heavy atom. The van der Waals surface area contributed by atoms with Gasteiger partial charge in [0, 0.05) is 0 Å². The van der Waals surface area contributed by atoms with Crippen molar-refractivity contribution in [3.05, 3.63) is 39.8 Å². The van der Waals surface area contributed by atoms with Crippen LogP contribution in [0, 0.1) is 6.92 Å². The van der Waals surface area contributed by atoms with Gasteiger partial charge < -0.3 is 5.32 Å². The number of rotatable bonds is 5. The molecule has 1 N–H and O–H groups in total. The lowest BCUT2D eigenvalue weighted by atomic mass is 10.3. The Bertz CT molecular complexity index is 832. The van der Waals surface area contributed by atoms with Crippen LogP contribution < -0.4 is 5.32 Å². The summed E-state index contributed by atoms with van der Waals surface area (Å²) in [5.74, 6) is -4.13. The van der Waals surface area contributed by atoms with Gasteiger partial charge in [0.2, 0.25) is 9.84 Å². The molecule has 2 rings (SSSR count). The molecule has 1 amide bonds. The van der Waals surface area contributed by atoms with Gasteiger partial charge in [0.1, 0.15) is 4.88 Å². The number of benzene rings is 1. The summed E-state index contributed by atoms with van der Waals surface area (Å²) < 4.78 is 48.8. The molecule has 1 heterocycles. The van der Waals surface area contributed by atoms with Gasteiger partial charge in [0.15, 0.2) is 0 Å². The Kier molecular flexibility index (Phi) is 5.10. The summed E-state index contributed by atoms with van der Waals surface area (Å²) in [6, 6.07) is 5.08. The number of halogens is 2. The summed E-state index contributed by atoms with van der Waals surface area (Å²) in [5.41, 5.74) is 0.335. The summed E-state index contributed by atoms with van der Waals surface area (Å²) in [7, 11) is -4.81. The Hall–Kier alpha value is -1.87. The Morgan fingerprint density at radius 3 is 2.57 bits per heavy atom. The van der Waals surface area contributed by atoms with Crippen molar-refractivity contribution in [3.8, 4) is 0 Å². The molecular formula is C14H14F2N2O3S2. The highest BCUT2D eigenvalue weighted by Crippen LogP contribution is 2.27. The van der Waals surface area contributed by atoms with Crippen LogP contribution in [0.1, 0.15) is 27.3 Å². The van der Waals surface area contributed by atoms with Gasteiger partial charge in [-0.05, 0) is 25.5 Å². The van der Waals surface area contributed by atoms with E-state index >= 15 is 0 Å². The quantitative estimate of drug-likeness (QED) is 0.888. The molecular weight excluding hydrogens is 346 g/mol. The van der Waals surface area contributed by atoms with Crippen molar-refractivity contribution in [2.75, 3.05) is 5.32 Å². The van der Waals surface area contributed by atoms with E-state index in [0.717, 1.165) is 11.1 Å². The Balaban J connectivity index is 2.37. The number of thiazole rings is 1. The predicted molar refractivity (Wildman–Crippen MR) is 83.8 cm³/mol. The van der Waals surface area contributed by atoms with Crippen molar-refractivity contribution in [1.29, 1.82) is 0 Å². The SMILES string of the molecule is CCc1nc(C)c(C(=O)Nc2ccccc2S(=O)(=O)C(F)F)s1. The van der Waals surface area contributed by atoms with Gasteiger partial charge in [-0.3, -0.25) is 4.79 Å². The molecule has 124 valence electrons. The van der Waals surface area contributed by atoms with E-state index in [1.54, 1.807) is 6.92 Å². The topological polar surface area (TPSA) is 76.1 Å². The fraction of sp³-hybridized carbons (Fsp3) is 0.286. The van der Waals surface area contributed by atoms with E-state index in [4.69, 9.17) is 0 Å². The number of anilines is 1. The number of amides is 1. The third kappa shape index (κ3) is 3.56. The number of aromatic nitrogens is 1. The fourth-order valence-electron chi connectivity index (χ4n) is 1.91. The number of para-hydroxylation sites is 1. The summed E-state index contributed by atoms with van der Waals surface area (Å²) in [5, 5.41) is 3.15. The van der Waals surface area contributed by atoms with Gasteiger partial charge in [-0.2, -0.15) is 8.78 Å². The minimum Gasteiger partial charge on any atom is -0.320 e. The maximum Gasteiger partial charge on any atom is 0.341 e. The van der Waals surface area contributed by atoms with E-state index in [1.165, 1.54) is 29.5 Å². The third-order valence-electron chi connectivity index (χ3n) is 3.03. The lowest BCUT2D eigenvalue weighted by Gasteiger charge is -2.10. The highest BCUT2D eigenvalue weighted by atomic mass is 32.2. The first-order valence-electron chi connectivity index (χ1n) is 6.66. The summed E-state index contributed by atoms with van der Waals surface area (Å²) >= 11 is 1.19. The molecule has 1 aromatic heterocycles. The summed E-state index contributed by atoms with van der Waals surface area (Å²) in [4.78, 5) is 16.2. The second-order valence-corrected chi connectivity index (χ2v) is 7.60. The third-order valence-corrected chi connectivity index (χ3v) is 5.76. The molecule has 0 radical (unpaired) electrons. The van der Waals surface area contributed by atoms with E-state index in [-0.39, 0.29) is 5.69 Å². The van der Waals surface area contributed by atoms with E-state index in [9.17, 15) is 22.0 Å². The van der Waals surface area contributed by atoms with Crippen molar-refractivity contribution in [1.82, 2.24) is 4.98 Å². The van der Waals surface area contributed by atoms with Crippen LogP contribution in [0.3, 0.4) is 0 Å². The zero-order chi connectivity index (χ0) is 17.2. The van der Waals surface area contributed by atoms with Crippen molar-refractivity contribution < 1.29 is 22.0 Å². The number of alkyl halides is 2. The van der Waals surface area contributed by atoms with Gasteiger partial charge in [-0.15, -0.1) is 11.3 Å². The molecule has 2 aromatic rings. The number of sulfone groups is 1. The predicted octanol–water partition coefficient (Wildman–Crippen LogP) is 3.26. The van der Waals surface area contributed by atoms with Crippen LogP contribution >= 0.6 is 11.3 Å². The Morgan fingerprint density at radius 1 is 1.35 bits per heavy atom. The molecule has 0 fully saturated rings. The van der Waals surface area contributed by atoms with Gasteiger partial charge in [-0.1, -0.05) is 19.1 Å². The minimum absolute atomic E-state index is 0.177. The minimum atomic E-state index is -4.81. The normalized spacial score (nSPS) is 11.7. The second-order valence-electron chi connectivity index (χ2n) is 4.63. The molecule has 9 heteroatoms. The van der Waals surface area contributed by atoms with Crippen LogP contribution in [0.25, 0.3) is 0 Å². The molecule has 0 bridgehead atoms. The van der Waals surface area contributed by atoms with E-state index < -0.39 is 26.4 Å². The lowest BCUT2D eigenvalue weighted by molar-refractivity contribution is 0.102. The van der Waals surface area contributed by atoms with Crippen LogP contribution in [0.2, 0.25) is 0 Å². The number of nitrogens with one attached hydrogen (secondary N) is 1. The molecule has 0 aliphatic rings. The molecule has 5 nitrogen and oxygen atoms in total. The zero-order valence-corrected chi connectivity index (χ0v) is 14.0. The van der Waals surface area contributed by atoms with Crippen molar-refractivity contribution >= 4 is 32.8 Å². The smallest absolute Gasteiger partial charge is 0.320 e. The molecule has 0 unspecified atom stereocenters. The maximum atomic E-state index is 12.7. The first-order chi connectivity index (χ1) is 10.8. The summed E-state index contributed by atoms with van der Waals surface area (Å²) in [6.45, 7) is 3.55. The maximum absolute atomic E-state index is 12.7. The molecule has 0 atom stereocenters. The molecule has 0 saturated heterocycles. The lowest BCUT2D eigenvalue weighted by Crippen LogP contribution is -2.17. The standard InChI is InChI=1S/C14H14F2N2O3S2/c1-3-11-17-8(2)12(22-11)13(19)18-9-6-4-5-7-10(9)23(20,21)14(15)16/h4-7,14H,3H2,1-2H3,(H,18,19). The monoisotopic (exact) mass is 360 g/mol. The van der Waals surface area contributed by atoms with E-state index in [2.05, 4.69) is 10.3 Å². The zero-order valence-electron chi connectivity index (χ0n) is 12.3. The van der Waals surface area contributed by atoms with Gasteiger partial charge >= 0.3 is 5.76 Å². The van der Waals surface area contributed by atoms with E-state index in [1.807, 2.05) is 6.92 Å². The number of carbonyl (C=O) groups is 1. The second kappa shape index (κ2) is 6.71. The van der Waals surface area contributed by atoms with Gasteiger partial charge in [0.05, 0.1) is 21.3 Å². The van der Waals surface area contributed by atoms with Crippen LogP contribution in [0.4, 0.5) is 14.5 Å². The van der Waals surface area contributed by atoms with E-state index in [0.29, 0.717) is 17.0 Å². The molecule has 0 saturated carbocycles. The molecule has 0 aliphatic carbocycles. The van der Waals surface area contributed by atoms with Crippen molar-refractivity contribution in [2.45, 2.75) is 30.9 Å². The van der Waals surface area contributed by atoms with Crippen LogP contribution in [-0.4, -0.2) is 25.1 Å². The van der Waals surface area contributed by atoms with Crippen LogP contribution in [-0.2, 0) is 16.3 Å². The first kappa shape index (κ1) is 17.5. The first-order valence-corrected chi connectivity index (χ1v) is 9.02. The summed E-state index contributed by atoms with van der Waals surface area (Å²) in [6.07, 6.45) is 0.662. The highest BCUT2D eigenvalue weighted by Gasteiger charge is 2.29. The van der Waals surface area contributed by atoms with Crippen LogP contribution in [0.15, 0.2) is 29.2 Å². The molecule has 0 spiro atoms. The largest absolute Gasteiger partial charge is 0.341 e. The number of hydrogen-bond acceptors (Lipinski definition) is 5. The van der Waals surface area contributed by atoms with Gasteiger partial charge in [0.25, 0.3) is 5.91 Å². The van der Waals surface area contributed by atoms with Crippen LogP contribution in [0.5, 0.6) is 0 Å². The van der Waals surface area contributed by atoms with Gasteiger partial charge in [-0.25, -0.2) is 13.4 Å². The number of aryl methyl sites for hydroxylation is 2. The van der Waals surface area contributed by atoms with Crippen molar-refractivity contribution in [2.24, 2.45) is 0 Å². The average molecular weight is 360 g/mol. The number of carbonyl (C=O) groups excluding carboxylic acids is 1.